The van der Waals surface area contributed by atoms with Crippen molar-refractivity contribution < 1.29 is 26.7 Å². The van der Waals surface area contributed by atoms with Crippen molar-refractivity contribution in [3.8, 4) is 6.07 Å². The molecule has 0 spiro atoms. The normalized spacial score (nSPS) is 11.8. The van der Waals surface area contributed by atoms with Crippen LogP contribution in [-0.4, -0.2) is 8.65 Å². The van der Waals surface area contributed by atoms with Gasteiger partial charge in [-0.05, 0) is 0 Å². The van der Waals surface area contributed by atoms with Crippen molar-refractivity contribution in [1.29, 1.82) is 5.26 Å². The van der Waals surface area contributed by atoms with E-state index in [-0.39, 0.29) is 8.85 Å². The molecule has 0 amide bonds. The second kappa shape index (κ2) is 5.10. The fraction of sp³-hybridized carbons (Fsp3) is 0.364. The summed E-state index contributed by atoms with van der Waals surface area (Å²) < 4.78 is 0.799. The molecular weight excluding hydrogens is 319 g/mol. The van der Waals surface area contributed by atoms with E-state index in [1.165, 1.54) is 0 Å². The predicted molar refractivity (Wildman–Crippen MR) is 55.5 cm³/mol. The van der Waals surface area contributed by atoms with Gasteiger partial charge in [-0.1, -0.05) is 0 Å². The molecule has 0 fully saturated rings. The molecule has 1 aromatic carbocycles. The molecule has 0 radical (unpaired) electrons. The average molecular weight is 332 g/mol. The number of nitrogens with zero attached hydrogens (tertiary/aromatic N) is 2. The van der Waals surface area contributed by atoms with Gasteiger partial charge in [0.2, 0.25) is 0 Å². The molecule has 88 valence electrons. The molecule has 0 aliphatic rings. The topological polar surface area (TPSA) is 70.3 Å². The molecule has 0 unspecified atom stereocenters. The van der Waals surface area contributed by atoms with E-state index in [0.717, 1.165) is 9.13 Å². The van der Waals surface area contributed by atoms with E-state index in [4.69, 9.17) is 10.5 Å². The summed E-state index contributed by atoms with van der Waals surface area (Å²) in [5.41, 5.74) is 1.39. The molecule has 0 saturated heterocycles. The number of hydrogen-bond donors (Lipinski definition) is 1. The first kappa shape index (κ1) is 13.4. The first-order valence-electron chi connectivity index (χ1n) is 4.70. The van der Waals surface area contributed by atoms with E-state index in [9.17, 15) is 5.21 Å². The third-order valence-corrected chi connectivity index (χ3v) is 3.72. The third-order valence-electron chi connectivity index (χ3n) is 2.08. The maximum absolute atomic E-state index is 10.6. The summed E-state index contributed by atoms with van der Waals surface area (Å²) in [7, 11) is 0. The van der Waals surface area contributed by atoms with E-state index >= 15 is 0 Å². The Morgan fingerprint density at radius 3 is 2.50 bits per heavy atom. The Kier molecular flexibility index (Phi) is 4.27. The number of halogens is 1. The summed E-state index contributed by atoms with van der Waals surface area (Å²) in [6, 6.07) is 7.41. The maximum atomic E-state index is 10.6. The van der Waals surface area contributed by atoms with Crippen molar-refractivity contribution in [3.05, 3.63) is 38.1 Å². The fourth-order valence-electron chi connectivity index (χ4n) is 1.37. The summed E-state index contributed by atoms with van der Waals surface area (Å²) in [6.45, 7) is 6.04. The van der Waals surface area contributed by atoms with Crippen molar-refractivity contribution in [3.63, 3.8) is 0 Å². The van der Waals surface area contributed by atoms with Gasteiger partial charge in [0.05, 0.1) is 0 Å². The molecule has 0 bridgehead atoms. The predicted octanol–water partition coefficient (Wildman–Crippen LogP) is -0.782. The Bertz CT molecular complexity index is 419. The van der Waals surface area contributed by atoms with Crippen molar-refractivity contribution >= 4 is 0 Å². The third kappa shape index (κ3) is 3.42. The number of hydrogen-bond acceptors (Lipinski definition) is 4. The van der Waals surface area contributed by atoms with Gasteiger partial charge in [0.1, 0.15) is 0 Å². The Morgan fingerprint density at radius 2 is 2.06 bits per heavy atom. The number of nitriles is 1. The number of benzene rings is 1. The van der Waals surface area contributed by atoms with Gasteiger partial charge in [0, 0.05) is 0 Å². The molecule has 1 aromatic rings. The quantitative estimate of drug-likeness (QED) is 0.438. The Hall–Kier alpha value is -0.680. The molecule has 0 atom stereocenters. The molecule has 0 heterocycles. The molecule has 0 aromatic heterocycles. The zero-order chi connectivity index (χ0) is 12.3. The molecule has 0 saturated carbocycles. The van der Waals surface area contributed by atoms with Gasteiger partial charge < -0.3 is 0 Å². The van der Waals surface area contributed by atoms with Crippen molar-refractivity contribution in [2.24, 2.45) is 0 Å². The van der Waals surface area contributed by atoms with Crippen LogP contribution >= 0.6 is 0 Å². The van der Waals surface area contributed by atoms with E-state index < -0.39 is 21.5 Å². The van der Waals surface area contributed by atoms with Gasteiger partial charge in [-0.25, -0.2) is 0 Å². The van der Waals surface area contributed by atoms with E-state index in [0.29, 0.717) is 5.56 Å². The molecule has 16 heavy (non-hydrogen) atoms. The summed E-state index contributed by atoms with van der Waals surface area (Å²) >= 11 is -1.09. The van der Waals surface area contributed by atoms with Crippen LogP contribution in [0.2, 0.25) is 0 Å². The minimum absolute atomic E-state index is 0.00724. The van der Waals surface area contributed by atoms with Crippen molar-refractivity contribution in [1.82, 2.24) is 3.44 Å². The van der Waals surface area contributed by atoms with Crippen LogP contribution in [0.3, 0.4) is 0 Å². The molecule has 0 aliphatic carbocycles. The molecule has 0 aliphatic heterocycles. The van der Waals surface area contributed by atoms with Gasteiger partial charge in [0.15, 0.2) is 0 Å². The van der Waals surface area contributed by atoms with Gasteiger partial charge in [0.25, 0.3) is 0 Å². The molecule has 1 N–H and O–H groups in total. The van der Waals surface area contributed by atoms with Crippen molar-refractivity contribution in [2.45, 2.75) is 26.2 Å². The van der Waals surface area contributed by atoms with Crippen LogP contribution in [0.1, 0.15) is 31.9 Å². The monoisotopic (exact) mass is 332 g/mol. The van der Waals surface area contributed by atoms with Crippen LogP contribution in [0, 0.1) is 20.1 Å². The van der Waals surface area contributed by atoms with Crippen molar-refractivity contribution in [2.75, 3.05) is 0 Å². The van der Waals surface area contributed by atoms with Crippen LogP contribution in [0.4, 0.5) is 0 Å². The summed E-state index contributed by atoms with van der Waals surface area (Å²) in [5, 5.41) is 28.3. The Balaban J connectivity index is 3.18. The molecule has 4 nitrogen and oxygen atoms in total. The van der Waals surface area contributed by atoms with Gasteiger partial charge in [-0.15, -0.1) is 0 Å². The SMILES string of the molecule is CC(C)(C)c1cc([I-]N([O-])O)ccc1C#N. The number of rotatable bonds is 2. The Morgan fingerprint density at radius 1 is 1.44 bits per heavy atom. The zero-order valence-electron chi connectivity index (χ0n) is 9.36. The molecule has 5 heteroatoms. The van der Waals surface area contributed by atoms with Crippen LogP contribution < -0.4 is 21.5 Å². The zero-order valence-corrected chi connectivity index (χ0v) is 11.5. The average Bonchev–Trinajstić information content (AvgIpc) is 2.15. The van der Waals surface area contributed by atoms with Crippen LogP contribution in [0.5, 0.6) is 0 Å². The van der Waals surface area contributed by atoms with Crippen LogP contribution in [0.15, 0.2) is 18.2 Å². The minimum atomic E-state index is -1.09. The van der Waals surface area contributed by atoms with E-state index in [2.05, 4.69) is 6.07 Å². The fourth-order valence-corrected chi connectivity index (χ4v) is 2.64. The van der Waals surface area contributed by atoms with Crippen LogP contribution in [0.25, 0.3) is 0 Å². The second-order valence-corrected chi connectivity index (χ2v) is 6.92. The summed E-state index contributed by atoms with van der Waals surface area (Å²) in [4.78, 5) is 0. The van der Waals surface area contributed by atoms with Gasteiger partial charge in [-0.2, -0.15) is 0 Å². The van der Waals surface area contributed by atoms with Crippen LogP contribution in [-0.2, 0) is 5.41 Å². The summed E-state index contributed by atoms with van der Waals surface area (Å²) in [5.74, 6) is 0. The second-order valence-electron chi connectivity index (χ2n) is 4.36. The standard InChI is InChI=1S/C11H13IN2O2/c1-11(2,3)10-6-9(12-14(15)16)5-4-8(10)7-13/h4-6,15H,1-3H3/q-2. The molecule has 1 rings (SSSR count). The molecular formula is C11H13IN2O2-2. The van der Waals surface area contributed by atoms with Gasteiger partial charge >= 0.3 is 106 Å². The van der Waals surface area contributed by atoms with E-state index in [1.807, 2.05) is 26.8 Å². The Labute approximate surface area is 106 Å². The van der Waals surface area contributed by atoms with Gasteiger partial charge in [-0.3, -0.25) is 0 Å². The summed E-state index contributed by atoms with van der Waals surface area (Å²) in [6.07, 6.45) is 0. The first-order valence-corrected chi connectivity index (χ1v) is 6.75. The van der Waals surface area contributed by atoms with E-state index in [1.54, 1.807) is 12.1 Å². The first-order chi connectivity index (χ1) is 7.34.